The van der Waals surface area contributed by atoms with Crippen LogP contribution in [-0.4, -0.2) is 30.4 Å². The van der Waals surface area contributed by atoms with Crippen molar-refractivity contribution in [1.29, 1.82) is 0 Å². The SMILES string of the molecule is CCOc1cc(/C=N\NC(N)=S)c(Br)c(Br)c1OCC(=O)Nc1ccccc1. The van der Waals surface area contributed by atoms with E-state index in [9.17, 15) is 4.79 Å². The maximum Gasteiger partial charge on any atom is 0.262 e. The van der Waals surface area contributed by atoms with E-state index in [1.165, 1.54) is 6.21 Å². The molecule has 0 spiro atoms. The largest absolute Gasteiger partial charge is 0.490 e. The minimum absolute atomic E-state index is 0.0563. The lowest BCUT2D eigenvalue weighted by molar-refractivity contribution is -0.118. The molecule has 0 saturated carbocycles. The third-order valence-electron chi connectivity index (χ3n) is 3.24. The quantitative estimate of drug-likeness (QED) is 0.273. The molecule has 0 fully saturated rings. The van der Waals surface area contributed by atoms with Crippen molar-refractivity contribution in [3.8, 4) is 11.5 Å². The number of para-hydroxylation sites is 1. The molecule has 1 amide bonds. The number of carbonyl (C=O) groups is 1. The first-order chi connectivity index (χ1) is 13.4. The zero-order valence-corrected chi connectivity index (χ0v) is 18.9. The number of rotatable bonds is 8. The lowest BCUT2D eigenvalue weighted by Crippen LogP contribution is -2.24. The van der Waals surface area contributed by atoms with Crippen LogP contribution in [0.2, 0.25) is 0 Å². The van der Waals surface area contributed by atoms with Gasteiger partial charge in [-0.15, -0.1) is 0 Å². The standard InChI is InChI=1S/C18H18Br2N4O3S/c1-2-26-13-8-11(9-22-24-18(21)28)15(19)16(20)17(13)27-10-14(25)23-12-6-4-3-5-7-12/h3-9H,2,10H2,1H3,(H,23,25)(H3,21,24,28)/b22-9-. The monoisotopic (exact) mass is 528 g/mol. The molecular weight excluding hydrogens is 512 g/mol. The minimum atomic E-state index is -0.289. The molecule has 0 aliphatic carbocycles. The number of thiocarbonyl (C=S) groups is 1. The van der Waals surface area contributed by atoms with Crippen molar-refractivity contribution in [3.05, 3.63) is 50.9 Å². The van der Waals surface area contributed by atoms with Crippen LogP contribution in [0.1, 0.15) is 12.5 Å². The number of hydrazone groups is 1. The topological polar surface area (TPSA) is 98.0 Å². The number of anilines is 1. The molecule has 0 unspecified atom stereocenters. The molecule has 2 aromatic rings. The summed E-state index contributed by atoms with van der Waals surface area (Å²) in [5.74, 6) is 0.571. The first-order valence-electron chi connectivity index (χ1n) is 8.13. The molecule has 28 heavy (non-hydrogen) atoms. The summed E-state index contributed by atoms with van der Waals surface area (Å²) in [7, 11) is 0. The van der Waals surface area contributed by atoms with Gasteiger partial charge in [-0.2, -0.15) is 5.10 Å². The van der Waals surface area contributed by atoms with Crippen LogP contribution in [0, 0.1) is 0 Å². The highest BCUT2D eigenvalue weighted by molar-refractivity contribution is 9.13. The molecule has 0 aliphatic rings. The summed E-state index contributed by atoms with van der Waals surface area (Å²) in [4.78, 5) is 12.2. The molecule has 2 rings (SSSR count). The highest BCUT2D eigenvalue weighted by Gasteiger charge is 2.18. The molecule has 0 aliphatic heterocycles. The summed E-state index contributed by atoms with van der Waals surface area (Å²) in [6.07, 6.45) is 1.53. The Labute approximate surface area is 184 Å². The van der Waals surface area contributed by atoms with E-state index >= 15 is 0 Å². The van der Waals surface area contributed by atoms with Gasteiger partial charge in [-0.25, -0.2) is 0 Å². The van der Waals surface area contributed by atoms with Gasteiger partial charge < -0.3 is 20.5 Å². The zero-order valence-electron chi connectivity index (χ0n) is 14.9. The molecule has 0 aromatic heterocycles. The van der Waals surface area contributed by atoms with Crippen LogP contribution in [0.4, 0.5) is 5.69 Å². The average Bonchev–Trinajstić information content (AvgIpc) is 2.66. The van der Waals surface area contributed by atoms with E-state index in [-0.39, 0.29) is 17.6 Å². The molecule has 148 valence electrons. The van der Waals surface area contributed by atoms with Crippen molar-refractivity contribution in [3.63, 3.8) is 0 Å². The Morgan fingerprint density at radius 2 is 1.96 bits per heavy atom. The van der Waals surface area contributed by atoms with Gasteiger partial charge >= 0.3 is 0 Å². The second-order valence-corrected chi connectivity index (χ2v) is 7.32. The molecule has 4 N–H and O–H groups in total. The van der Waals surface area contributed by atoms with Crippen LogP contribution in [0.15, 0.2) is 50.4 Å². The molecule has 0 bridgehead atoms. The predicted octanol–water partition coefficient (Wildman–Crippen LogP) is 3.79. The van der Waals surface area contributed by atoms with Crippen molar-refractivity contribution in [2.24, 2.45) is 10.8 Å². The van der Waals surface area contributed by atoms with Gasteiger partial charge in [-0.3, -0.25) is 10.2 Å². The number of nitrogens with zero attached hydrogens (tertiary/aromatic N) is 1. The van der Waals surface area contributed by atoms with Crippen LogP contribution in [0.25, 0.3) is 0 Å². The fourth-order valence-corrected chi connectivity index (χ4v) is 3.11. The number of hydrogen-bond donors (Lipinski definition) is 3. The molecule has 0 radical (unpaired) electrons. The fraction of sp³-hybridized carbons (Fsp3) is 0.167. The minimum Gasteiger partial charge on any atom is -0.490 e. The smallest absolute Gasteiger partial charge is 0.262 e. The highest BCUT2D eigenvalue weighted by atomic mass is 79.9. The van der Waals surface area contributed by atoms with Crippen molar-refractivity contribution in [1.82, 2.24) is 5.43 Å². The predicted molar refractivity (Wildman–Crippen MR) is 121 cm³/mol. The first-order valence-corrected chi connectivity index (χ1v) is 10.1. The Balaban J connectivity index is 2.18. The van der Waals surface area contributed by atoms with E-state index in [0.29, 0.717) is 38.3 Å². The van der Waals surface area contributed by atoms with Crippen LogP contribution >= 0.6 is 44.1 Å². The Morgan fingerprint density at radius 1 is 1.25 bits per heavy atom. The van der Waals surface area contributed by atoms with Crippen LogP contribution in [0.5, 0.6) is 11.5 Å². The van der Waals surface area contributed by atoms with Crippen molar-refractivity contribution >= 4 is 67.0 Å². The van der Waals surface area contributed by atoms with Crippen molar-refractivity contribution in [2.45, 2.75) is 6.92 Å². The molecule has 0 atom stereocenters. The zero-order chi connectivity index (χ0) is 20.5. The summed E-state index contributed by atoms with van der Waals surface area (Å²) in [5, 5.41) is 6.76. The maximum atomic E-state index is 12.2. The van der Waals surface area contributed by atoms with Gasteiger partial charge in [-0.1, -0.05) is 18.2 Å². The molecule has 7 nitrogen and oxygen atoms in total. The van der Waals surface area contributed by atoms with Gasteiger partial charge in [0.1, 0.15) is 0 Å². The number of carbonyl (C=O) groups excluding carboxylic acids is 1. The van der Waals surface area contributed by atoms with Gasteiger partial charge in [0.15, 0.2) is 23.2 Å². The third-order valence-corrected chi connectivity index (χ3v) is 5.47. The summed E-state index contributed by atoms with van der Waals surface area (Å²) >= 11 is 11.7. The van der Waals surface area contributed by atoms with Gasteiger partial charge in [0.05, 0.1) is 17.3 Å². The van der Waals surface area contributed by atoms with E-state index < -0.39 is 0 Å². The van der Waals surface area contributed by atoms with E-state index in [1.807, 2.05) is 25.1 Å². The van der Waals surface area contributed by atoms with E-state index in [0.717, 1.165) is 0 Å². The molecule has 0 saturated heterocycles. The molecular formula is C18H18Br2N4O3S. The van der Waals surface area contributed by atoms with Crippen LogP contribution < -0.4 is 25.9 Å². The average molecular weight is 530 g/mol. The highest BCUT2D eigenvalue weighted by Crippen LogP contribution is 2.42. The van der Waals surface area contributed by atoms with Gasteiger partial charge in [0.25, 0.3) is 5.91 Å². The number of halogens is 2. The van der Waals surface area contributed by atoms with E-state index in [2.05, 4.69) is 47.7 Å². The summed E-state index contributed by atoms with van der Waals surface area (Å²) < 4.78 is 12.6. The fourth-order valence-electron chi connectivity index (χ4n) is 2.12. The van der Waals surface area contributed by atoms with Crippen LogP contribution in [0.3, 0.4) is 0 Å². The lowest BCUT2D eigenvalue weighted by Gasteiger charge is -2.16. The number of nitrogens with two attached hydrogens (primary N) is 1. The Kier molecular flexibility index (Phi) is 8.68. The molecule has 10 heteroatoms. The van der Waals surface area contributed by atoms with Gasteiger partial charge in [-0.05, 0) is 69.2 Å². The summed E-state index contributed by atoms with van der Waals surface area (Å²) in [5.41, 5.74) is 9.23. The second-order valence-electron chi connectivity index (χ2n) is 5.29. The molecule has 2 aromatic carbocycles. The Bertz CT molecular complexity index is 879. The number of benzene rings is 2. The maximum absolute atomic E-state index is 12.2. The number of ether oxygens (including phenoxy) is 2. The van der Waals surface area contributed by atoms with Crippen molar-refractivity contribution in [2.75, 3.05) is 18.5 Å². The van der Waals surface area contributed by atoms with Crippen LogP contribution in [-0.2, 0) is 4.79 Å². The second kappa shape index (κ2) is 11.0. The lowest BCUT2D eigenvalue weighted by atomic mass is 10.2. The van der Waals surface area contributed by atoms with E-state index in [1.54, 1.807) is 18.2 Å². The molecule has 0 heterocycles. The van der Waals surface area contributed by atoms with Crippen molar-refractivity contribution < 1.29 is 14.3 Å². The summed E-state index contributed by atoms with van der Waals surface area (Å²) in [6, 6.07) is 10.9. The summed E-state index contributed by atoms with van der Waals surface area (Å²) in [6.45, 7) is 2.09. The third kappa shape index (κ3) is 6.47. The Morgan fingerprint density at radius 3 is 2.61 bits per heavy atom. The normalized spacial score (nSPS) is 10.5. The number of amides is 1. The first kappa shape index (κ1) is 22.1. The van der Waals surface area contributed by atoms with Gasteiger partial charge in [0.2, 0.25) is 0 Å². The Hall–Kier alpha value is -2.17. The number of nitrogens with one attached hydrogen (secondary N) is 2. The van der Waals surface area contributed by atoms with E-state index in [4.69, 9.17) is 27.4 Å². The number of hydrogen-bond acceptors (Lipinski definition) is 5. The van der Waals surface area contributed by atoms with Gasteiger partial charge in [0, 0.05) is 15.7 Å².